The zero-order valence-electron chi connectivity index (χ0n) is 15.0. The van der Waals surface area contributed by atoms with Crippen molar-refractivity contribution in [2.24, 2.45) is 5.92 Å². The van der Waals surface area contributed by atoms with Crippen molar-refractivity contribution >= 4 is 11.8 Å². The van der Waals surface area contributed by atoms with Crippen LogP contribution in [0.2, 0.25) is 0 Å². The average Bonchev–Trinajstić information content (AvgIpc) is 3.25. The Morgan fingerprint density at radius 2 is 1.19 bits per heavy atom. The van der Waals surface area contributed by atoms with E-state index in [0.717, 1.165) is 24.8 Å². The molecule has 0 amide bonds. The van der Waals surface area contributed by atoms with Crippen molar-refractivity contribution in [1.29, 1.82) is 0 Å². The zero-order chi connectivity index (χ0) is 17.7. The molecule has 1 N–H and O–H groups in total. The van der Waals surface area contributed by atoms with E-state index >= 15 is 0 Å². The summed E-state index contributed by atoms with van der Waals surface area (Å²) in [4.78, 5) is 0. The fourth-order valence-corrected chi connectivity index (χ4v) is 5.55. The summed E-state index contributed by atoms with van der Waals surface area (Å²) in [5, 5.41) is 3.51. The van der Waals surface area contributed by atoms with E-state index in [0.29, 0.717) is 0 Å². The normalized spacial score (nSPS) is 17.3. The van der Waals surface area contributed by atoms with Crippen LogP contribution in [0.5, 0.6) is 0 Å². The number of rotatable bonds is 6. The molecular formula is C24H25NS. The number of hydrogen-bond donors (Lipinski definition) is 1. The highest BCUT2D eigenvalue weighted by Crippen LogP contribution is 2.49. The second-order valence-electron chi connectivity index (χ2n) is 6.95. The number of nitrogens with one attached hydrogen (secondary N) is 1. The van der Waals surface area contributed by atoms with Crippen LogP contribution in [-0.2, 0) is 4.75 Å². The van der Waals surface area contributed by atoms with Crippen LogP contribution in [-0.4, -0.2) is 18.8 Å². The van der Waals surface area contributed by atoms with E-state index in [4.69, 9.17) is 0 Å². The molecular weight excluding hydrogens is 334 g/mol. The Morgan fingerprint density at radius 1 is 0.731 bits per heavy atom. The fourth-order valence-electron chi connectivity index (χ4n) is 3.87. The van der Waals surface area contributed by atoms with Gasteiger partial charge in [0.05, 0.1) is 4.75 Å². The standard InChI is InChI=1S/C24H25NS/c1-4-10-21(11-5-1)24(22-12-6-2-7-13-22,23-14-8-3-9-15-23)26-19-20-16-17-25-18-20/h1-15,20,25H,16-19H2. The van der Waals surface area contributed by atoms with Gasteiger partial charge in [-0.2, -0.15) is 0 Å². The van der Waals surface area contributed by atoms with Gasteiger partial charge in [-0.05, 0) is 47.9 Å². The molecule has 132 valence electrons. The molecule has 3 aromatic carbocycles. The van der Waals surface area contributed by atoms with Crippen molar-refractivity contribution < 1.29 is 0 Å². The minimum absolute atomic E-state index is 0.174. The van der Waals surface area contributed by atoms with E-state index in [9.17, 15) is 0 Å². The summed E-state index contributed by atoms with van der Waals surface area (Å²) < 4.78 is -0.174. The number of hydrogen-bond acceptors (Lipinski definition) is 2. The number of benzene rings is 3. The van der Waals surface area contributed by atoms with Crippen molar-refractivity contribution in [3.05, 3.63) is 108 Å². The third kappa shape index (κ3) is 3.44. The Kier molecular flexibility index (Phi) is 5.42. The van der Waals surface area contributed by atoms with Gasteiger partial charge in [-0.3, -0.25) is 0 Å². The molecule has 26 heavy (non-hydrogen) atoms. The highest BCUT2D eigenvalue weighted by atomic mass is 32.2. The Hall–Kier alpha value is -2.03. The van der Waals surface area contributed by atoms with Crippen LogP contribution in [0.15, 0.2) is 91.0 Å². The van der Waals surface area contributed by atoms with E-state index in [-0.39, 0.29) is 4.75 Å². The van der Waals surface area contributed by atoms with Gasteiger partial charge in [0.15, 0.2) is 0 Å². The van der Waals surface area contributed by atoms with Crippen LogP contribution in [0.3, 0.4) is 0 Å². The molecule has 1 nitrogen and oxygen atoms in total. The molecule has 0 aliphatic carbocycles. The van der Waals surface area contributed by atoms with Gasteiger partial charge in [-0.25, -0.2) is 0 Å². The summed E-state index contributed by atoms with van der Waals surface area (Å²) in [5.74, 6) is 1.90. The minimum atomic E-state index is -0.174. The van der Waals surface area contributed by atoms with Crippen LogP contribution >= 0.6 is 11.8 Å². The Bertz CT molecular complexity index is 699. The van der Waals surface area contributed by atoms with Gasteiger partial charge in [0.25, 0.3) is 0 Å². The van der Waals surface area contributed by atoms with E-state index in [1.165, 1.54) is 23.1 Å². The molecule has 1 saturated heterocycles. The molecule has 0 radical (unpaired) electrons. The van der Waals surface area contributed by atoms with Crippen LogP contribution in [0.25, 0.3) is 0 Å². The smallest absolute Gasteiger partial charge is 0.0907 e. The molecule has 0 bridgehead atoms. The zero-order valence-corrected chi connectivity index (χ0v) is 15.8. The molecule has 1 fully saturated rings. The molecule has 0 saturated carbocycles. The van der Waals surface area contributed by atoms with E-state index in [1.54, 1.807) is 0 Å². The van der Waals surface area contributed by atoms with Crippen LogP contribution in [0.1, 0.15) is 23.1 Å². The average molecular weight is 360 g/mol. The largest absolute Gasteiger partial charge is 0.316 e. The minimum Gasteiger partial charge on any atom is -0.316 e. The quantitative estimate of drug-likeness (QED) is 0.598. The Morgan fingerprint density at radius 3 is 1.58 bits per heavy atom. The van der Waals surface area contributed by atoms with Gasteiger partial charge in [-0.15, -0.1) is 11.8 Å². The molecule has 4 rings (SSSR count). The summed E-state index contributed by atoms with van der Waals surface area (Å²) in [7, 11) is 0. The number of thioether (sulfide) groups is 1. The Labute approximate surface area is 160 Å². The predicted octanol–water partition coefficient (Wildman–Crippen LogP) is 5.32. The summed E-state index contributed by atoms with van der Waals surface area (Å²) in [6, 6.07) is 32.9. The molecule has 3 aromatic rings. The first-order valence-corrected chi connectivity index (χ1v) is 10.4. The second kappa shape index (κ2) is 8.11. The fraction of sp³-hybridized carbons (Fsp3) is 0.250. The van der Waals surface area contributed by atoms with Gasteiger partial charge < -0.3 is 5.32 Å². The van der Waals surface area contributed by atoms with Gasteiger partial charge in [0, 0.05) is 0 Å². The van der Waals surface area contributed by atoms with Gasteiger partial charge in [0.1, 0.15) is 0 Å². The highest BCUT2D eigenvalue weighted by molar-refractivity contribution is 8.00. The third-order valence-electron chi connectivity index (χ3n) is 5.24. The van der Waals surface area contributed by atoms with Crippen LogP contribution in [0.4, 0.5) is 0 Å². The third-order valence-corrected chi connectivity index (χ3v) is 7.02. The maximum absolute atomic E-state index is 3.51. The van der Waals surface area contributed by atoms with Crippen molar-refractivity contribution in [2.75, 3.05) is 18.8 Å². The predicted molar refractivity (Wildman–Crippen MR) is 113 cm³/mol. The van der Waals surface area contributed by atoms with E-state index in [1.807, 2.05) is 0 Å². The van der Waals surface area contributed by atoms with Gasteiger partial charge in [0.2, 0.25) is 0 Å². The van der Waals surface area contributed by atoms with E-state index in [2.05, 4.69) is 108 Å². The lowest BCUT2D eigenvalue weighted by Crippen LogP contribution is -2.27. The van der Waals surface area contributed by atoms with Gasteiger partial charge >= 0.3 is 0 Å². The molecule has 1 unspecified atom stereocenters. The SMILES string of the molecule is c1ccc(C(SCC2CCNC2)(c2ccccc2)c2ccccc2)cc1. The second-order valence-corrected chi connectivity index (χ2v) is 8.18. The first-order chi connectivity index (χ1) is 12.9. The van der Waals surface area contributed by atoms with Gasteiger partial charge in [-0.1, -0.05) is 91.0 Å². The lowest BCUT2D eigenvalue weighted by Gasteiger charge is -2.36. The lowest BCUT2D eigenvalue weighted by molar-refractivity contribution is 0.659. The summed E-state index contributed by atoms with van der Waals surface area (Å²) in [6.07, 6.45) is 1.28. The lowest BCUT2D eigenvalue weighted by atomic mass is 9.84. The summed E-state index contributed by atoms with van der Waals surface area (Å²) in [6.45, 7) is 2.29. The summed E-state index contributed by atoms with van der Waals surface area (Å²) in [5.41, 5.74) is 4.06. The molecule has 1 heterocycles. The maximum Gasteiger partial charge on any atom is 0.0907 e. The van der Waals surface area contributed by atoms with Crippen LogP contribution < -0.4 is 5.32 Å². The first-order valence-electron chi connectivity index (χ1n) is 9.41. The Balaban J connectivity index is 1.84. The molecule has 0 spiro atoms. The molecule has 1 atom stereocenters. The molecule has 0 aromatic heterocycles. The van der Waals surface area contributed by atoms with Crippen molar-refractivity contribution in [2.45, 2.75) is 11.2 Å². The molecule has 2 heteroatoms. The van der Waals surface area contributed by atoms with Crippen molar-refractivity contribution in [3.8, 4) is 0 Å². The topological polar surface area (TPSA) is 12.0 Å². The van der Waals surface area contributed by atoms with Crippen LogP contribution in [0, 0.1) is 5.92 Å². The van der Waals surface area contributed by atoms with E-state index < -0.39 is 0 Å². The highest BCUT2D eigenvalue weighted by Gasteiger charge is 2.37. The maximum atomic E-state index is 3.51. The molecule has 1 aliphatic heterocycles. The first kappa shape index (κ1) is 17.4. The summed E-state index contributed by atoms with van der Waals surface area (Å²) >= 11 is 2.09. The van der Waals surface area contributed by atoms with Crippen molar-refractivity contribution in [1.82, 2.24) is 5.32 Å². The monoisotopic (exact) mass is 359 g/mol. The molecule has 1 aliphatic rings. The van der Waals surface area contributed by atoms with Crippen molar-refractivity contribution in [3.63, 3.8) is 0 Å².